The predicted octanol–water partition coefficient (Wildman–Crippen LogP) is 1.95. The number of nitro groups is 1. The van der Waals surface area contributed by atoms with Gasteiger partial charge in [0.25, 0.3) is 5.69 Å². The minimum absolute atomic E-state index is 0.0356. The van der Waals surface area contributed by atoms with Crippen molar-refractivity contribution in [2.45, 2.75) is 13.5 Å². The first-order valence-electron chi connectivity index (χ1n) is 4.89. The number of aryl methyl sites for hydroxylation is 1. The van der Waals surface area contributed by atoms with E-state index < -0.39 is 4.92 Å². The van der Waals surface area contributed by atoms with Gasteiger partial charge < -0.3 is 9.84 Å². The molecule has 2 heterocycles. The summed E-state index contributed by atoms with van der Waals surface area (Å²) in [7, 11) is 0. The van der Waals surface area contributed by atoms with E-state index in [0.29, 0.717) is 11.7 Å². The van der Waals surface area contributed by atoms with Gasteiger partial charge in [-0.25, -0.2) is 4.98 Å². The Morgan fingerprint density at radius 2 is 2.28 bits per heavy atom. The molecule has 0 saturated heterocycles. The van der Waals surface area contributed by atoms with E-state index in [0.717, 1.165) is 0 Å². The van der Waals surface area contributed by atoms with Crippen LogP contribution in [0.2, 0.25) is 5.15 Å². The highest BCUT2D eigenvalue weighted by Crippen LogP contribution is 2.20. The first-order valence-corrected chi connectivity index (χ1v) is 5.27. The third kappa shape index (κ3) is 2.92. The van der Waals surface area contributed by atoms with E-state index in [1.165, 1.54) is 12.1 Å². The molecule has 2 aromatic heterocycles. The molecular formula is C9H8ClN5O3. The normalized spacial score (nSPS) is 10.3. The minimum atomic E-state index is -0.546. The van der Waals surface area contributed by atoms with E-state index in [-0.39, 0.29) is 23.2 Å². The highest BCUT2D eigenvalue weighted by atomic mass is 35.5. The molecule has 0 aliphatic heterocycles. The third-order valence-electron chi connectivity index (χ3n) is 1.98. The van der Waals surface area contributed by atoms with Crippen LogP contribution in [0, 0.1) is 17.0 Å². The van der Waals surface area contributed by atoms with Gasteiger partial charge in [0.2, 0.25) is 5.89 Å². The second-order valence-electron chi connectivity index (χ2n) is 3.38. The molecule has 2 aromatic rings. The quantitative estimate of drug-likeness (QED) is 0.513. The molecule has 0 amide bonds. The summed E-state index contributed by atoms with van der Waals surface area (Å²) in [5.41, 5.74) is -0.140. The molecule has 0 bridgehead atoms. The number of rotatable bonds is 4. The summed E-state index contributed by atoms with van der Waals surface area (Å²) in [5.74, 6) is 1.14. The zero-order valence-corrected chi connectivity index (χ0v) is 10.0. The molecule has 8 nitrogen and oxygen atoms in total. The van der Waals surface area contributed by atoms with Gasteiger partial charge in [-0.05, 0) is 6.92 Å². The monoisotopic (exact) mass is 269 g/mol. The Hall–Kier alpha value is -2.22. The molecule has 2 rings (SSSR count). The van der Waals surface area contributed by atoms with Crippen molar-refractivity contribution in [1.82, 2.24) is 15.1 Å². The standard InChI is InChI=1S/C9H8ClN5O3/c1-5-12-9(18-14-5)4-11-8-3-6(15(16)17)2-7(10)13-8/h2-3H,4H2,1H3,(H,11,13). The number of hydrogen-bond acceptors (Lipinski definition) is 7. The lowest BCUT2D eigenvalue weighted by Crippen LogP contribution is -2.02. The molecule has 94 valence electrons. The summed E-state index contributed by atoms with van der Waals surface area (Å²) in [5, 5.41) is 17.1. The molecule has 0 radical (unpaired) electrons. The molecule has 9 heteroatoms. The van der Waals surface area contributed by atoms with E-state index >= 15 is 0 Å². The van der Waals surface area contributed by atoms with Gasteiger partial charge in [0.15, 0.2) is 5.82 Å². The van der Waals surface area contributed by atoms with Crippen molar-refractivity contribution in [3.05, 3.63) is 39.1 Å². The zero-order chi connectivity index (χ0) is 13.1. The third-order valence-corrected chi connectivity index (χ3v) is 2.17. The zero-order valence-electron chi connectivity index (χ0n) is 9.25. The average Bonchev–Trinajstić information content (AvgIpc) is 2.72. The van der Waals surface area contributed by atoms with Crippen LogP contribution in [-0.2, 0) is 6.54 Å². The predicted molar refractivity (Wildman–Crippen MR) is 62.3 cm³/mol. The number of halogens is 1. The molecule has 0 aromatic carbocycles. The maximum absolute atomic E-state index is 10.6. The summed E-state index contributed by atoms with van der Waals surface area (Å²) in [4.78, 5) is 18.0. The van der Waals surface area contributed by atoms with E-state index in [1.807, 2.05) is 0 Å². The summed E-state index contributed by atoms with van der Waals surface area (Å²) >= 11 is 5.67. The Bertz CT molecular complexity index is 585. The number of aromatic nitrogens is 3. The van der Waals surface area contributed by atoms with Gasteiger partial charge in [0.1, 0.15) is 11.0 Å². The van der Waals surface area contributed by atoms with Gasteiger partial charge in [-0.2, -0.15) is 4.98 Å². The van der Waals surface area contributed by atoms with Crippen molar-refractivity contribution < 1.29 is 9.45 Å². The Morgan fingerprint density at radius 1 is 1.50 bits per heavy atom. The van der Waals surface area contributed by atoms with Crippen molar-refractivity contribution in [3.63, 3.8) is 0 Å². The van der Waals surface area contributed by atoms with E-state index in [1.54, 1.807) is 6.92 Å². The maximum Gasteiger partial charge on any atom is 0.276 e. The molecule has 0 saturated carbocycles. The molecule has 0 aliphatic carbocycles. The first-order chi connectivity index (χ1) is 8.54. The van der Waals surface area contributed by atoms with Gasteiger partial charge in [0, 0.05) is 0 Å². The van der Waals surface area contributed by atoms with Crippen LogP contribution in [0.25, 0.3) is 0 Å². The lowest BCUT2D eigenvalue weighted by Gasteiger charge is -2.02. The van der Waals surface area contributed by atoms with Crippen LogP contribution in [0.5, 0.6) is 0 Å². The smallest absolute Gasteiger partial charge is 0.276 e. The number of nitrogens with one attached hydrogen (secondary N) is 1. The van der Waals surface area contributed by atoms with Crippen LogP contribution in [-0.4, -0.2) is 20.0 Å². The van der Waals surface area contributed by atoms with Gasteiger partial charge in [0.05, 0.1) is 23.6 Å². The lowest BCUT2D eigenvalue weighted by atomic mass is 10.4. The summed E-state index contributed by atoms with van der Waals surface area (Å²) in [6.45, 7) is 1.90. The molecule has 0 fully saturated rings. The Morgan fingerprint density at radius 3 is 2.89 bits per heavy atom. The molecule has 0 aliphatic rings. The molecule has 1 N–H and O–H groups in total. The summed E-state index contributed by atoms with van der Waals surface area (Å²) in [6.07, 6.45) is 0. The number of nitrogens with zero attached hydrogens (tertiary/aromatic N) is 4. The van der Waals surface area contributed by atoms with Crippen LogP contribution < -0.4 is 5.32 Å². The fraction of sp³-hybridized carbons (Fsp3) is 0.222. The van der Waals surface area contributed by atoms with Crippen molar-refractivity contribution in [1.29, 1.82) is 0 Å². The summed E-state index contributed by atoms with van der Waals surface area (Å²) < 4.78 is 4.88. The lowest BCUT2D eigenvalue weighted by molar-refractivity contribution is -0.384. The SMILES string of the molecule is Cc1noc(CNc2cc([N+](=O)[O-])cc(Cl)n2)n1. The largest absolute Gasteiger partial charge is 0.361 e. The Balaban J connectivity index is 2.11. The van der Waals surface area contributed by atoms with Crippen molar-refractivity contribution >= 4 is 23.1 Å². The minimum Gasteiger partial charge on any atom is -0.361 e. The van der Waals surface area contributed by atoms with E-state index in [4.69, 9.17) is 16.1 Å². The van der Waals surface area contributed by atoms with Crippen LogP contribution in [0.4, 0.5) is 11.5 Å². The van der Waals surface area contributed by atoms with Gasteiger partial charge in [-0.1, -0.05) is 16.8 Å². The topological polar surface area (TPSA) is 107 Å². The van der Waals surface area contributed by atoms with Crippen molar-refractivity contribution in [2.24, 2.45) is 0 Å². The molecule has 18 heavy (non-hydrogen) atoms. The second-order valence-corrected chi connectivity index (χ2v) is 3.77. The Kier molecular flexibility index (Phi) is 3.38. The fourth-order valence-corrected chi connectivity index (χ4v) is 1.46. The number of hydrogen-bond donors (Lipinski definition) is 1. The fourth-order valence-electron chi connectivity index (χ4n) is 1.26. The van der Waals surface area contributed by atoms with Gasteiger partial charge in [-0.15, -0.1) is 0 Å². The average molecular weight is 270 g/mol. The maximum atomic E-state index is 10.6. The molecule has 0 atom stereocenters. The van der Waals surface area contributed by atoms with Crippen molar-refractivity contribution in [2.75, 3.05) is 5.32 Å². The summed E-state index contributed by atoms with van der Waals surface area (Å²) in [6, 6.07) is 2.44. The van der Waals surface area contributed by atoms with E-state index in [9.17, 15) is 10.1 Å². The van der Waals surface area contributed by atoms with Crippen LogP contribution in [0.15, 0.2) is 16.7 Å². The van der Waals surface area contributed by atoms with Crippen LogP contribution >= 0.6 is 11.6 Å². The van der Waals surface area contributed by atoms with Crippen molar-refractivity contribution in [3.8, 4) is 0 Å². The highest BCUT2D eigenvalue weighted by Gasteiger charge is 2.11. The molecular weight excluding hydrogens is 262 g/mol. The van der Waals surface area contributed by atoms with Gasteiger partial charge >= 0.3 is 0 Å². The number of pyridine rings is 1. The second kappa shape index (κ2) is 4.96. The van der Waals surface area contributed by atoms with Gasteiger partial charge in [-0.3, -0.25) is 10.1 Å². The highest BCUT2D eigenvalue weighted by molar-refractivity contribution is 6.29. The number of anilines is 1. The van der Waals surface area contributed by atoms with Crippen LogP contribution in [0.3, 0.4) is 0 Å². The van der Waals surface area contributed by atoms with Crippen LogP contribution in [0.1, 0.15) is 11.7 Å². The Labute approximate surface area is 106 Å². The molecule has 0 spiro atoms. The van der Waals surface area contributed by atoms with E-state index in [2.05, 4.69) is 20.4 Å². The first kappa shape index (κ1) is 12.2. The molecule has 0 unspecified atom stereocenters.